The second kappa shape index (κ2) is 40.0. The van der Waals surface area contributed by atoms with Gasteiger partial charge in [0.2, 0.25) is 0 Å². The van der Waals surface area contributed by atoms with Crippen LogP contribution in [0.3, 0.4) is 0 Å². The van der Waals surface area contributed by atoms with Crippen LogP contribution >= 0.6 is 0 Å². The number of allylic oxidation sites excluding steroid dienone is 4. The van der Waals surface area contributed by atoms with Gasteiger partial charge in [0, 0.05) is 0 Å². The first-order chi connectivity index (χ1) is 27.3. The molecule has 9 heteroatoms. The van der Waals surface area contributed by atoms with E-state index in [4.69, 9.17) is 9.47 Å². The van der Waals surface area contributed by atoms with Gasteiger partial charge in [0.25, 0.3) is 0 Å². The maximum atomic E-state index is 13.0. The fourth-order valence-electron chi connectivity index (χ4n) is 6.98. The second-order valence-corrected chi connectivity index (χ2v) is 17.0. The summed E-state index contributed by atoms with van der Waals surface area (Å²) in [7, 11) is -5.02. The van der Waals surface area contributed by atoms with Crippen molar-refractivity contribution in [2.24, 2.45) is 0 Å². The molecule has 1 aromatic rings. The zero-order valence-electron chi connectivity index (χ0n) is 36.8. The topological polar surface area (TPSA) is 110 Å². The number of benzene rings is 1. The predicted molar refractivity (Wildman–Crippen MR) is 232 cm³/mol. The summed E-state index contributed by atoms with van der Waals surface area (Å²) < 4.78 is 46.8. The van der Waals surface area contributed by atoms with Crippen LogP contribution in [0, 0.1) is 0 Å². The third kappa shape index (κ3) is 32.1. The van der Waals surface area contributed by atoms with Gasteiger partial charge in [-0.25, -0.2) is 18.0 Å². The number of carbonyl (C=O) groups excluding carboxylic acids is 2. The standard InChI is InChI=1S/C48H82O7S.Na/c1-3-5-7-9-11-13-15-17-19-21-23-25-27-29-31-33-35-37-42-54-47(49)44-40-39-41-45(56(51,52)53)46(44)48(50)55-43-38-36-34-32-30-28-26-24-22-20-18-16-14-12-10-8-6-4-2;/h9-12,39-41H,3-8,13-38,42-43H2,1-2H3,(H,51,52,53);/q;+1/p-1/b11-9+,12-10+;. The molecule has 1 rings (SSSR count). The zero-order chi connectivity index (χ0) is 40.8. The van der Waals surface area contributed by atoms with Crippen molar-refractivity contribution in [3.63, 3.8) is 0 Å². The molecule has 0 N–H and O–H groups in total. The van der Waals surface area contributed by atoms with E-state index in [9.17, 15) is 22.6 Å². The second-order valence-electron chi connectivity index (χ2n) is 15.7. The van der Waals surface area contributed by atoms with Gasteiger partial charge in [-0.3, -0.25) is 0 Å². The van der Waals surface area contributed by atoms with Crippen molar-refractivity contribution in [1.82, 2.24) is 0 Å². The van der Waals surface area contributed by atoms with Gasteiger partial charge >= 0.3 is 41.5 Å². The van der Waals surface area contributed by atoms with Gasteiger partial charge in [-0.15, -0.1) is 0 Å². The number of carbonyl (C=O) groups is 2. The maximum Gasteiger partial charge on any atom is 1.00 e. The smallest absolute Gasteiger partial charge is 0.744 e. The van der Waals surface area contributed by atoms with Crippen LogP contribution in [0.2, 0.25) is 0 Å². The van der Waals surface area contributed by atoms with Gasteiger partial charge in [0.05, 0.1) is 29.2 Å². The number of rotatable bonds is 39. The minimum atomic E-state index is -5.02. The molecule has 0 saturated heterocycles. The SMILES string of the molecule is CCCC/C=C/CCCCCCCCCCCCCCOC(=O)c1cccc(S(=O)(=O)[O-])c1C(=O)OCCCCCCCCCCCCCC/C=C/CCCC.[Na+]. The number of ether oxygens (including phenoxy) is 2. The molecular formula is C48H81NaO7S. The molecule has 0 radical (unpaired) electrons. The van der Waals surface area contributed by atoms with Crippen LogP contribution in [0.4, 0.5) is 0 Å². The molecule has 57 heavy (non-hydrogen) atoms. The van der Waals surface area contributed by atoms with Crippen molar-refractivity contribution in [2.45, 2.75) is 224 Å². The van der Waals surface area contributed by atoms with E-state index in [1.54, 1.807) is 0 Å². The van der Waals surface area contributed by atoms with Gasteiger partial charge < -0.3 is 14.0 Å². The van der Waals surface area contributed by atoms with Crippen molar-refractivity contribution >= 4 is 22.1 Å². The van der Waals surface area contributed by atoms with Crippen LogP contribution in [0.25, 0.3) is 0 Å². The Labute approximate surface area is 372 Å². The molecule has 0 aromatic heterocycles. The third-order valence-corrected chi connectivity index (χ3v) is 11.4. The Morgan fingerprint density at radius 2 is 0.807 bits per heavy atom. The first-order valence-corrected chi connectivity index (χ1v) is 24.5. The molecule has 0 aliphatic heterocycles. The van der Waals surface area contributed by atoms with Crippen LogP contribution in [-0.4, -0.2) is 38.1 Å². The molecule has 0 spiro atoms. The molecule has 1 aromatic carbocycles. The van der Waals surface area contributed by atoms with E-state index in [0.29, 0.717) is 12.8 Å². The van der Waals surface area contributed by atoms with E-state index in [-0.39, 0.29) is 48.3 Å². The number of esters is 2. The summed E-state index contributed by atoms with van der Waals surface area (Å²) in [5.74, 6) is -1.81. The maximum absolute atomic E-state index is 13.0. The Morgan fingerprint density at radius 3 is 1.16 bits per heavy atom. The molecule has 0 amide bonds. The van der Waals surface area contributed by atoms with Gasteiger partial charge in [-0.1, -0.05) is 198 Å². The van der Waals surface area contributed by atoms with Crippen LogP contribution in [-0.2, 0) is 19.6 Å². The van der Waals surface area contributed by atoms with Gasteiger partial charge in [0.1, 0.15) is 10.1 Å². The largest absolute Gasteiger partial charge is 1.00 e. The van der Waals surface area contributed by atoms with Crippen molar-refractivity contribution in [3.05, 3.63) is 53.6 Å². The Bertz CT molecular complexity index is 1280. The summed E-state index contributed by atoms with van der Waals surface area (Å²) in [6.07, 6.45) is 47.5. The normalized spacial score (nSPS) is 11.7. The summed E-state index contributed by atoms with van der Waals surface area (Å²) in [6, 6.07) is 3.63. The molecule has 7 nitrogen and oxygen atoms in total. The molecule has 0 unspecified atom stereocenters. The van der Waals surface area contributed by atoms with E-state index >= 15 is 0 Å². The molecule has 0 heterocycles. The van der Waals surface area contributed by atoms with E-state index in [0.717, 1.165) is 44.6 Å². The first kappa shape index (κ1) is 55.5. The van der Waals surface area contributed by atoms with Crippen molar-refractivity contribution < 1.29 is 61.6 Å². The summed E-state index contributed by atoms with van der Waals surface area (Å²) in [6.45, 7) is 4.71. The molecule has 0 aliphatic carbocycles. The van der Waals surface area contributed by atoms with Crippen LogP contribution in [0.15, 0.2) is 47.4 Å². The van der Waals surface area contributed by atoms with Crippen LogP contribution in [0.1, 0.15) is 240 Å². The number of hydrogen-bond acceptors (Lipinski definition) is 7. The minimum Gasteiger partial charge on any atom is -0.744 e. The van der Waals surface area contributed by atoms with Crippen LogP contribution in [0.5, 0.6) is 0 Å². The van der Waals surface area contributed by atoms with Gasteiger partial charge in [0.15, 0.2) is 0 Å². The summed E-state index contributed by atoms with van der Waals surface area (Å²) in [5, 5.41) is 0. The van der Waals surface area contributed by atoms with E-state index in [2.05, 4.69) is 38.2 Å². The zero-order valence-corrected chi connectivity index (χ0v) is 39.7. The van der Waals surface area contributed by atoms with Crippen molar-refractivity contribution in [3.8, 4) is 0 Å². The third-order valence-electron chi connectivity index (χ3n) is 10.5. The Hall–Kier alpha value is -1.45. The Kier molecular flexibility index (Phi) is 39.0. The van der Waals surface area contributed by atoms with E-state index in [1.165, 1.54) is 166 Å². The first-order valence-electron chi connectivity index (χ1n) is 23.1. The molecule has 0 saturated carbocycles. The fraction of sp³-hybridized carbons (Fsp3) is 0.750. The number of unbranched alkanes of at least 4 members (excludes halogenated alkanes) is 28. The average Bonchev–Trinajstić information content (AvgIpc) is 3.18. The molecule has 322 valence electrons. The van der Waals surface area contributed by atoms with Crippen molar-refractivity contribution in [1.29, 1.82) is 0 Å². The van der Waals surface area contributed by atoms with E-state index < -0.39 is 32.5 Å². The number of hydrogen-bond donors (Lipinski definition) is 0. The average molecular weight is 825 g/mol. The van der Waals surface area contributed by atoms with E-state index in [1.807, 2.05) is 0 Å². The Morgan fingerprint density at radius 1 is 0.491 bits per heavy atom. The molecule has 0 bridgehead atoms. The predicted octanol–water partition coefficient (Wildman–Crippen LogP) is 11.5. The summed E-state index contributed by atoms with van der Waals surface area (Å²) in [5.41, 5.74) is -0.775. The molecule has 0 aliphatic rings. The quantitative estimate of drug-likeness (QED) is 0.0214. The molecule has 0 atom stereocenters. The fourth-order valence-corrected chi connectivity index (χ4v) is 7.67. The van der Waals surface area contributed by atoms with Crippen molar-refractivity contribution in [2.75, 3.05) is 13.2 Å². The molecular weight excluding hydrogens is 744 g/mol. The van der Waals surface area contributed by atoms with Gasteiger partial charge in [-0.05, 0) is 63.5 Å². The molecule has 0 fully saturated rings. The summed E-state index contributed by atoms with van der Waals surface area (Å²) in [4.78, 5) is 25.2. The minimum absolute atomic E-state index is 0. The Balaban J connectivity index is 0.0000314. The summed E-state index contributed by atoms with van der Waals surface area (Å²) >= 11 is 0. The van der Waals surface area contributed by atoms with Gasteiger partial charge in [-0.2, -0.15) is 0 Å². The monoisotopic (exact) mass is 825 g/mol. The van der Waals surface area contributed by atoms with Crippen LogP contribution < -0.4 is 29.6 Å².